The van der Waals surface area contributed by atoms with Gasteiger partial charge in [-0.05, 0) is 77.2 Å². The molecule has 2 aliphatic rings. The number of ether oxygens (including phenoxy) is 1. The number of nitrogens with two attached hydrogens (primary N) is 1. The lowest BCUT2D eigenvalue weighted by molar-refractivity contribution is 0.0218. The van der Waals surface area contributed by atoms with E-state index in [9.17, 15) is 9.90 Å². The van der Waals surface area contributed by atoms with Gasteiger partial charge >= 0.3 is 6.09 Å². The normalized spacial score (nSPS) is 19.5. The molecule has 10 nitrogen and oxygen atoms in total. The molecule has 2 aromatic carbocycles. The van der Waals surface area contributed by atoms with Crippen LogP contribution in [0.3, 0.4) is 0 Å². The molecular formula is C32H39N7O3. The van der Waals surface area contributed by atoms with Crippen LogP contribution < -0.4 is 5.73 Å². The molecule has 0 unspecified atom stereocenters. The molecule has 0 spiro atoms. The highest BCUT2D eigenvalue weighted by atomic mass is 16.6. The summed E-state index contributed by atoms with van der Waals surface area (Å²) in [5, 5.41) is 11.1. The van der Waals surface area contributed by atoms with E-state index in [-0.39, 0.29) is 17.9 Å². The van der Waals surface area contributed by atoms with Crippen molar-refractivity contribution in [2.45, 2.75) is 64.1 Å². The zero-order valence-electron chi connectivity index (χ0n) is 24.6. The van der Waals surface area contributed by atoms with Gasteiger partial charge in [0.1, 0.15) is 23.0 Å². The van der Waals surface area contributed by atoms with Crippen LogP contribution in [0.15, 0.2) is 48.8 Å². The number of aromatic hydroxyl groups is 1. The Morgan fingerprint density at radius 2 is 1.50 bits per heavy atom. The number of carbonyl (C=O) groups is 1. The number of imidazole rings is 2. The lowest BCUT2D eigenvalue weighted by Gasteiger charge is -2.27. The van der Waals surface area contributed by atoms with Gasteiger partial charge in [-0.3, -0.25) is 9.80 Å². The summed E-state index contributed by atoms with van der Waals surface area (Å²) < 4.78 is 5.60. The van der Waals surface area contributed by atoms with Crippen molar-refractivity contribution in [3.05, 3.63) is 60.4 Å². The van der Waals surface area contributed by atoms with Crippen LogP contribution in [-0.2, 0) is 4.74 Å². The van der Waals surface area contributed by atoms with Gasteiger partial charge in [-0.1, -0.05) is 30.3 Å². The maximum atomic E-state index is 12.8. The Labute approximate surface area is 245 Å². The summed E-state index contributed by atoms with van der Waals surface area (Å²) in [6.45, 7) is 7.28. The fourth-order valence-electron chi connectivity index (χ4n) is 6.05. The van der Waals surface area contributed by atoms with E-state index in [2.05, 4.69) is 31.9 Å². The minimum atomic E-state index is -0.571. The van der Waals surface area contributed by atoms with E-state index in [0.717, 1.165) is 54.0 Å². The van der Waals surface area contributed by atoms with E-state index in [1.165, 1.54) is 6.42 Å². The van der Waals surface area contributed by atoms with Crippen LogP contribution in [0, 0.1) is 0 Å². The minimum absolute atomic E-state index is 0.0129. The molecule has 0 aliphatic carbocycles. The number of phenols is 1. The van der Waals surface area contributed by atoms with Crippen molar-refractivity contribution in [2.24, 2.45) is 0 Å². The predicted molar refractivity (Wildman–Crippen MR) is 163 cm³/mol. The Balaban J connectivity index is 1.20. The third-order valence-electron chi connectivity index (χ3n) is 8.24. The Kier molecular flexibility index (Phi) is 7.18. The number of aromatic nitrogens is 4. The molecule has 0 bridgehead atoms. The number of aromatic amines is 2. The molecule has 220 valence electrons. The van der Waals surface area contributed by atoms with Gasteiger partial charge in [0.25, 0.3) is 0 Å². The van der Waals surface area contributed by atoms with Crippen molar-refractivity contribution in [3.8, 4) is 39.4 Å². The second-order valence-electron chi connectivity index (χ2n) is 12.3. The van der Waals surface area contributed by atoms with E-state index in [1.54, 1.807) is 11.1 Å². The Bertz CT molecular complexity index is 1580. The molecule has 6 rings (SSSR count). The number of nitrogens with one attached hydrogen (secondary N) is 2. The first-order valence-corrected chi connectivity index (χ1v) is 14.6. The van der Waals surface area contributed by atoms with Crippen molar-refractivity contribution in [1.29, 1.82) is 0 Å². The van der Waals surface area contributed by atoms with Gasteiger partial charge in [-0.2, -0.15) is 0 Å². The standard InChI is InChI=1S/C32H39N7O3/c1-32(2,3)42-31(41)39-16-6-8-26(39)30-35-18-24(37-30)22-14-13-21(27(33)28(22)40)19-9-11-20(12-10-19)23-17-34-29(36-23)25-7-5-15-38(25)4/h9-14,17-18,25-26,40H,5-8,15-16,33H2,1-4H3,(H,34,36)(H,35,37)/t25-,26-/m0/s1. The summed E-state index contributed by atoms with van der Waals surface area (Å²) in [4.78, 5) is 32.8. The highest BCUT2D eigenvalue weighted by Gasteiger charge is 2.35. The van der Waals surface area contributed by atoms with Crippen molar-refractivity contribution < 1.29 is 14.6 Å². The number of H-pyrrole nitrogens is 2. The van der Waals surface area contributed by atoms with Gasteiger partial charge < -0.3 is 25.5 Å². The van der Waals surface area contributed by atoms with E-state index >= 15 is 0 Å². The number of nitrogen functional groups attached to an aromatic ring is 1. The largest absolute Gasteiger partial charge is 0.505 e. The molecule has 4 aromatic rings. The summed E-state index contributed by atoms with van der Waals surface area (Å²) in [7, 11) is 2.14. The highest BCUT2D eigenvalue weighted by Crippen LogP contribution is 2.41. The summed E-state index contributed by atoms with van der Waals surface area (Å²) in [6, 6.07) is 12.0. The van der Waals surface area contributed by atoms with Crippen molar-refractivity contribution in [1.82, 2.24) is 29.7 Å². The first kappa shape index (κ1) is 27.8. The van der Waals surface area contributed by atoms with Crippen LogP contribution in [0.25, 0.3) is 33.6 Å². The average Bonchev–Trinajstić information content (AvgIpc) is 3.76. The number of hydrogen-bond acceptors (Lipinski definition) is 7. The smallest absolute Gasteiger partial charge is 0.410 e. The van der Waals surface area contributed by atoms with Crippen LogP contribution in [0.2, 0.25) is 0 Å². The van der Waals surface area contributed by atoms with Crippen LogP contribution >= 0.6 is 0 Å². The summed E-state index contributed by atoms with van der Waals surface area (Å²) in [6.07, 6.45) is 7.17. The molecule has 0 saturated carbocycles. The van der Waals surface area contributed by atoms with Crippen LogP contribution in [-0.4, -0.2) is 66.7 Å². The van der Waals surface area contributed by atoms with Crippen LogP contribution in [0.1, 0.15) is 70.2 Å². The molecule has 5 N–H and O–H groups in total. The number of likely N-dealkylation sites (tertiary alicyclic amines) is 2. The molecule has 2 aliphatic heterocycles. The summed E-state index contributed by atoms with van der Waals surface area (Å²) in [5.41, 5.74) is 11.0. The molecule has 2 fully saturated rings. The third kappa shape index (κ3) is 5.34. The number of anilines is 1. The SMILES string of the molecule is CN1CCC[C@H]1c1ncc(-c2ccc(-c3ccc(-c4cnc([C@@H]5CCCN5C(=O)OC(C)(C)C)[nH]4)c(O)c3N)cc2)[nH]1. The first-order valence-electron chi connectivity index (χ1n) is 14.6. The van der Waals surface area contributed by atoms with E-state index < -0.39 is 5.60 Å². The lowest BCUT2D eigenvalue weighted by Crippen LogP contribution is -2.36. The monoisotopic (exact) mass is 569 g/mol. The molecule has 4 heterocycles. The fraction of sp³-hybridized carbons (Fsp3) is 0.406. The number of phenolic OH excluding ortho intramolecular Hbond substituents is 1. The quantitative estimate of drug-likeness (QED) is 0.164. The summed E-state index contributed by atoms with van der Waals surface area (Å²) in [5.74, 6) is 1.65. The number of carbonyl (C=O) groups excluding carboxylic acids is 1. The fourth-order valence-corrected chi connectivity index (χ4v) is 6.05. The molecular weight excluding hydrogens is 530 g/mol. The summed E-state index contributed by atoms with van der Waals surface area (Å²) >= 11 is 0. The van der Waals surface area contributed by atoms with E-state index in [0.29, 0.717) is 35.4 Å². The van der Waals surface area contributed by atoms with Crippen LogP contribution in [0.4, 0.5) is 10.5 Å². The number of rotatable bonds is 5. The average molecular weight is 570 g/mol. The van der Waals surface area contributed by atoms with Gasteiger partial charge in [-0.15, -0.1) is 0 Å². The predicted octanol–water partition coefficient (Wildman–Crippen LogP) is 6.26. The van der Waals surface area contributed by atoms with Gasteiger partial charge in [0.2, 0.25) is 0 Å². The molecule has 42 heavy (non-hydrogen) atoms. The van der Waals surface area contributed by atoms with Crippen molar-refractivity contribution in [2.75, 3.05) is 25.9 Å². The topological polar surface area (TPSA) is 136 Å². The Morgan fingerprint density at radius 3 is 2.19 bits per heavy atom. The molecule has 2 saturated heterocycles. The second kappa shape index (κ2) is 10.8. The third-order valence-corrected chi connectivity index (χ3v) is 8.24. The van der Waals surface area contributed by atoms with Gasteiger partial charge in [-0.25, -0.2) is 14.8 Å². The number of hydrogen-bond donors (Lipinski definition) is 4. The molecule has 0 radical (unpaired) electrons. The lowest BCUT2D eigenvalue weighted by atomic mass is 9.98. The second-order valence-corrected chi connectivity index (χ2v) is 12.3. The molecule has 1 amide bonds. The van der Waals surface area contributed by atoms with Gasteiger partial charge in [0.15, 0.2) is 0 Å². The zero-order valence-corrected chi connectivity index (χ0v) is 24.6. The Morgan fingerprint density at radius 1 is 0.905 bits per heavy atom. The molecule has 2 aromatic heterocycles. The number of nitrogens with zero attached hydrogens (tertiary/aromatic N) is 4. The first-order chi connectivity index (χ1) is 20.1. The minimum Gasteiger partial charge on any atom is -0.505 e. The number of benzene rings is 2. The zero-order chi connectivity index (χ0) is 29.6. The maximum absolute atomic E-state index is 12.8. The van der Waals surface area contributed by atoms with E-state index in [4.69, 9.17) is 10.5 Å². The van der Waals surface area contributed by atoms with Crippen molar-refractivity contribution >= 4 is 11.8 Å². The Hall–Kier alpha value is -4.31. The van der Waals surface area contributed by atoms with E-state index in [1.807, 2.05) is 63.4 Å². The highest BCUT2D eigenvalue weighted by molar-refractivity contribution is 5.87. The van der Waals surface area contributed by atoms with Gasteiger partial charge in [0, 0.05) is 17.7 Å². The number of amides is 1. The molecule has 2 atom stereocenters. The molecule has 10 heteroatoms. The maximum Gasteiger partial charge on any atom is 0.410 e. The van der Waals surface area contributed by atoms with Gasteiger partial charge in [0.05, 0.1) is 41.6 Å². The van der Waals surface area contributed by atoms with Crippen molar-refractivity contribution in [3.63, 3.8) is 0 Å². The van der Waals surface area contributed by atoms with Crippen LogP contribution in [0.5, 0.6) is 5.75 Å².